The summed E-state index contributed by atoms with van der Waals surface area (Å²) in [6, 6.07) is 9.14. The van der Waals surface area contributed by atoms with E-state index < -0.39 is 29.6 Å². The standard InChI is InChI=1S/C16H18O6S2/c1-19-16-12(11(9-20-16)21-14(23)24-2)22-13(17)15(16,18)8-10-6-4-3-5-7-10/h3-7,11-12,18H,8-9H2,1-2H3/t11-,12+,15-,16-/m0/s1. The highest BCUT2D eigenvalue weighted by Crippen LogP contribution is 2.47. The quantitative estimate of drug-likeness (QED) is 0.628. The number of hydrogen-bond donors (Lipinski definition) is 1. The van der Waals surface area contributed by atoms with E-state index in [4.69, 9.17) is 31.2 Å². The van der Waals surface area contributed by atoms with Crippen molar-refractivity contribution in [3.8, 4) is 0 Å². The number of hydrogen-bond acceptors (Lipinski definition) is 8. The predicted molar refractivity (Wildman–Crippen MR) is 91.7 cm³/mol. The van der Waals surface area contributed by atoms with E-state index in [1.54, 1.807) is 6.26 Å². The second kappa shape index (κ2) is 6.61. The number of carbonyl (C=O) groups is 1. The zero-order valence-corrected chi connectivity index (χ0v) is 14.9. The molecule has 1 N–H and O–H groups in total. The van der Waals surface area contributed by atoms with E-state index in [9.17, 15) is 9.90 Å². The molecule has 6 nitrogen and oxygen atoms in total. The summed E-state index contributed by atoms with van der Waals surface area (Å²) in [6.45, 7) is 0.101. The maximum Gasteiger partial charge on any atom is 0.345 e. The Kier molecular flexibility index (Phi) is 4.85. The Morgan fingerprint density at radius 3 is 2.79 bits per heavy atom. The minimum Gasteiger partial charge on any atom is -0.469 e. The molecule has 0 amide bonds. The summed E-state index contributed by atoms with van der Waals surface area (Å²) in [4.78, 5) is 12.5. The molecule has 4 atom stereocenters. The number of carbonyl (C=O) groups excluding carboxylic acids is 1. The van der Waals surface area contributed by atoms with Gasteiger partial charge in [-0.25, -0.2) is 4.79 Å². The van der Waals surface area contributed by atoms with Gasteiger partial charge in [-0.1, -0.05) is 42.1 Å². The van der Waals surface area contributed by atoms with Crippen LogP contribution in [0.3, 0.4) is 0 Å². The third-order valence-electron chi connectivity index (χ3n) is 4.34. The van der Waals surface area contributed by atoms with Crippen LogP contribution >= 0.6 is 24.0 Å². The molecular formula is C16H18O6S2. The summed E-state index contributed by atoms with van der Waals surface area (Å²) in [5.74, 6) is -2.42. The number of ether oxygens (including phenoxy) is 4. The van der Waals surface area contributed by atoms with Crippen LogP contribution in [0, 0.1) is 0 Å². The summed E-state index contributed by atoms with van der Waals surface area (Å²) in [5.41, 5.74) is -1.20. The molecule has 3 rings (SSSR count). The number of methoxy groups -OCH3 is 1. The van der Waals surface area contributed by atoms with Crippen LogP contribution in [0.25, 0.3) is 0 Å². The van der Waals surface area contributed by atoms with Crippen LogP contribution in [0.2, 0.25) is 0 Å². The number of esters is 1. The van der Waals surface area contributed by atoms with Gasteiger partial charge >= 0.3 is 5.97 Å². The first kappa shape index (κ1) is 17.6. The van der Waals surface area contributed by atoms with Gasteiger partial charge in [0.2, 0.25) is 9.98 Å². The Morgan fingerprint density at radius 2 is 2.17 bits per heavy atom. The molecule has 1 aromatic rings. The third kappa shape index (κ3) is 2.62. The van der Waals surface area contributed by atoms with Crippen molar-refractivity contribution in [2.75, 3.05) is 20.0 Å². The smallest absolute Gasteiger partial charge is 0.345 e. The van der Waals surface area contributed by atoms with Crippen LogP contribution < -0.4 is 0 Å². The fraction of sp³-hybridized carbons (Fsp3) is 0.500. The van der Waals surface area contributed by atoms with E-state index in [-0.39, 0.29) is 13.0 Å². The van der Waals surface area contributed by atoms with Gasteiger partial charge in [-0.05, 0) is 24.0 Å². The lowest BCUT2D eigenvalue weighted by Gasteiger charge is -2.35. The molecular weight excluding hydrogens is 352 g/mol. The van der Waals surface area contributed by atoms with Crippen molar-refractivity contribution in [2.24, 2.45) is 0 Å². The van der Waals surface area contributed by atoms with Crippen LogP contribution in [0.1, 0.15) is 5.56 Å². The summed E-state index contributed by atoms with van der Waals surface area (Å²) in [5, 5.41) is 11.1. The average molecular weight is 370 g/mol. The zero-order chi connectivity index (χ0) is 17.4. The van der Waals surface area contributed by atoms with Crippen molar-refractivity contribution in [1.82, 2.24) is 0 Å². The van der Waals surface area contributed by atoms with Crippen molar-refractivity contribution < 1.29 is 28.8 Å². The number of aliphatic hydroxyl groups is 1. The number of thiocarbonyl (C=S) groups is 1. The van der Waals surface area contributed by atoms with Gasteiger partial charge < -0.3 is 24.1 Å². The Bertz CT molecular complexity index is 639. The predicted octanol–water partition coefficient (Wildman–Crippen LogP) is 1.29. The van der Waals surface area contributed by atoms with Crippen molar-refractivity contribution >= 4 is 34.3 Å². The fourth-order valence-electron chi connectivity index (χ4n) is 3.18. The molecule has 2 aliphatic heterocycles. The Balaban J connectivity index is 1.91. The van der Waals surface area contributed by atoms with Gasteiger partial charge in [-0.15, -0.1) is 0 Å². The van der Waals surface area contributed by atoms with Gasteiger partial charge in [-0.3, -0.25) is 0 Å². The zero-order valence-electron chi connectivity index (χ0n) is 13.3. The third-order valence-corrected chi connectivity index (χ3v) is 5.37. The lowest BCUT2D eigenvalue weighted by Crippen LogP contribution is -2.60. The first-order valence-corrected chi connectivity index (χ1v) is 9.01. The number of rotatable bonds is 4. The average Bonchev–Trinajstić information content (AvgIpc) is 3.03. The van der Waals surface area contributed by atoms with Crippen LogP contribution in [0.15, 0.2) is 30.3 Å². The summed E-state index contributed by atoms with van der Waals surface area (Å²) >= 11 is 6.32. The molecule has 0 radical (unpaired) electrons. The van der Waals surface area contributed by atoms with Crippen molar-refractivity contribution in [3.05, 3.63) is 35.9 Å². The van der Waals surface area contributed by atoms with Crippen LogP contribution in [-0.4, -0.2) is 59.0 Å². The second-order valence-electron chi connectivity index (χ2n) is 5.64. The van der Waals surface area contributed by atoms with Crippen LogP contribution in [0.4, 0.5) is 0 Å². The molecule has 2 saturated heterocycles. The Morgan fingerprint density at radius 1 is 1.46 bits per heavy atom. The maximum absolute atomic E-state index is 12.5. The SMILES string of the molecule is CO[C@]12OC[C@H](OC(=S)SC)[C@H]1OC(=O)[C@@]2(O)Cc1ccccc1. The van der Waals surface area contributed by atoms with Crippen LogP contribution in [-0.2, 0) is 30.2 Å². The lowest BCUT2D eigenvalue weighted by atomic mass is 9.85. The van der Waals surface area contributed by atoms with Crippen molar-refractivity contribution in [2.45, 2.75) is 30.0 Å². The van der Waals surface area contributed by atoms with E-state index in [1.165, 1.54) is 18.9 Å². The highest BCUT2D eigenvalue weighted by Gasteiger charge is 2.75. The normalized spacial score (nSPS) is 34.7. The first-order valence-electron chi connectivity index (χ1n) is 7.38. The molecule has 0 aromatic heterocycles. The minimum absolute atomic E-state index is 0.0106. The van der Waals surface area contributed by atoms with Crippen molar-refractivity contribution in [3.63, 3.8) is 0 Å². The van der Waals surface area contributed by atoms with Crippen molar-refractivity contribution in [1.29, 1.82) is 0 Å². The highest BCUT2D eigenvalue weighted by atomic mass is 32.2. The Labute approximate surface area is 149 Å². The molecule has 2 fully saturated rings. The molecule has 24 heavy (non-hydrogen) atoms. The van der Waals surface area contributed by atoms with Crippen LogP contribution in [0.5, 0.6) is 0 Å². The summed E-state index contributed by atoms with van der Waals surface area (Å²) < 4.78 is 22.5. The molecule has 0 bridgehead atoms. The number of thioether (sulfide) groups is 1. The summed E-state index contributed by atoms with van der Waals surface area (Å²) in [7, 11) is 1.38. The lowest BCUT2D eigenvalue weighted by molar-refractivity contribution is -0.276. The van der Waals surface area contributed by atoms with E-state index in [2.05, 4.69) is 0 Å². The van der Waals surface area contributed by atoms with E-state index >= 15 is 0 Å². The number of fused-ring (bicyclic) bond motifs is 1. The van der Waals surface area contributed by atoms with E-state index in [0.717, 1.165) is 5.56 Å². The molecule has 0 aliphatic carbocycles. The maximum atomic E-state index is 12.5. The molecule has 130 valence electrons. The van der Waals surface area contributed by atoms with Gasteiger partial charge in [0.15, 0.2) is 12.2 Å². The van der Waals surface area contributed by atoms with E-state index in [0.29, 0.717) is 4.38 Å². The molecule has 0 unspecified atom stereocenters. The Hall–Kier alpha value is -1.19. The van der Waals surface area contributed by atoms with E-state index in [1.807, 2.05) is 30.3 Å². The molecule has 0 saturated carbocycles. The number of benzene rings is 1. The fourth-order valence-corrected chi connectivity index (χ4v) is 3.52. The molecule has 2 heterocycles. The molecule has 1 aromatic carbocycles. The molecule has 0 spiro atoms. The first-order chi connectivity index (χ1) is 11.5. The molecule has 2 aliphatic rings. The summed E-state index contributed by atoms with van der Waals surface area (Å²) in [6.07, 6.45) is 0.276. The van der Waals surface area contributed by atoms with Gasteiger partial charge in [0, 0.05) is 13.5 Å². The highest BCUT2D eigenvalue weighted by molar-refractivity contribution is 8.22. The van der Waals surface area contributed by atoms with Gasteiger partial charge in [-0.2, -0.15) is 0 Å². The van der Waals surface area contributed by atoms with Gasteiger partial charge in [0.1, 0.15) is 0 Å². The second-order valence-corrected chi connectivity index (χ2v) is 7.05. The molecule has 8 heteroatoms. The largest absolute Gasteiger partial charge is 0.469 e. The van der Waals surface area contributed by atoms with Gasteiger partial charge in [0.05, 0.1) is 6.61 Å². The monoisotopic (exact) mass is 370 g/mol. The van der Waals surface area contributed by atoms with Gasteiger partial charge in [0.25, 0.3) is 5.79 Å². The topological polar surface area (TPSA) is 74.2 Å². The minimum atomic E-state index is -1.97.